The van der Waals surface area contributed by atoms with E-state index in [1.165, 1.54) is 28.4 Å². The zero-order chi connectivity index (χ0) is 29.4. The maximum absolute atomic E-state index is 10.5. The average Bonchev–Trinajstić information content (AvgIpc) is 3.60. The number of phenolic OH excluding ortho intramolecular Hbond substituents is 1. The molecule has 0 bridgehead atoms. The van der Waals surface area contributed by atoms with Crippen LogP contribution in [0.2, 0.25) is 0 Å². The van der Waals surface area contributed by atoms with Crippen LogP contribution in [-0.4, -0.2) is 104 Å². The van der Waals surface area contributed by atoms with Gasteiger partial charge in [0.2, 0.25) is 17.8 Å². The Balaban J connectivity index is 1.40. The number of methoxy groups -OCH3 is 4. The van der Waals surface area contributed by atoms with Crippen LogP contribution in [0.25, 0.3) is 0 Å². The van der Waals surface area contributed by atoms with Crippen LogP contribution < -0.4 is 23.7 Å². The Hall–Kier alpha value is -3.04. The predicted octanol–water partition coefficient (Wildman–Crippen LogP) is 0.680. The van der Waals surface area contributed by atoms with Gasteiger partial charge in [0, 0.05) is 11.8 Å². The van der Waals surface area contributed by atoms with Gasteiger partial charge in [-0.1, -0.05) is 0 Å². The SMILES string of the molecule is COc1cc([C@H]2OC[C@H]3[C@H]2CO[C@H]3c2cc(OC)c(O[C@@H]3O[C@H](CO)[C@@H](O)[C@H](O)[C@H]3O)c(OC)c2)cc(OC)c1O. The molecule has 5 rings (SSSR count). The molecule has 0 spiro atoms. The van der Waals surface area contributed by atoms with Crippen LogP contribution >= 0.6 is 0 Å². The van der Waals surface area contributed by atoms with Crippen molar-refractivity contribution in [2.75, 3.05) is 48.3 Å². The number of fused-ring (bicyclic) bond motifs is 1. The molecule has 3 aliphatic heterocycles. The monoisotopic (exact) mass is 580 g/mol. The summed E-state index contributed by atoms with van der Waals surface area (Å²) in [5.41, 5.74) is 1.55. The molecule has 0 unspecified atom stereocenters. The molecule has 0 amide bonds. The van der Waals surface area contributed by atoms with Crippen molar-refractivity contribution in [2.24, 2.45) is 11.8 Å². The van der Waals surface area contributed by atoms with Gasteiger partial charge < -0.3 is 63.4 Å². The number of phenols is 1. The number of ether oxygens (including phenoxy) is 8. The van der Waals surface area contributed by atoms with Crippen LogP contribution in [0.3, 0.4) is 0 Å². The number of hydrogen-bond acceptors (Lipinski definition) is 13. The first-order chi connectivity index (χ1) is 19.8. The number of aliphatic hydroxyl groups is 4. The number of hydrogen-bond donors (Lipinski definition) is 5. The summed E-state index contributed by atoms with van der Waals surface area (Å²) in [7, 11) is 5.82. The van der Waals surface area contributed by atoms with E-state index in [2.05, 4.69) is 0 Å². The van der Waals surface area contributed by atoms with Gasteiger partial charge in [-0.2, -0.15) is 0 Å². The van der Waals surface area contributed by atoms with E-state index in [9.17, 15) is 25.5 Å². The molecule has 226 valence electrons. The van der Waals surface area contributed by atoms with Crippen LogP contribution in [0.15, 0.2) is 24.3 Å². The fourth-order valence-electron chi connectivity index (χ4n) is 5.77. The summed E-state index contributed by atoms with van der Waals surface area (Å²) in [6, 6.07) is 6.93. The Bertz CT molecular complexity index is 1170. The lowest BCUT2D eigenvalue weighted by molar-refractivity contribution is -0.277. The summed E-state index contributed by atoms with van der Waals surface area (Å²) < 4.78 is 45.7. The van der Waals surface area contributed by atoms with E-state index in [1.807, 2.05) is 0 Å². The molecular weight excluding hydrogens is 544 g/mol. The van der Waals surface area contributed by atoms with E-state index < -0.39 is 37.3 Å². The van der Waals surface area contributed by atoms with Crippen molar-refractivity contribution in [2.45, 2.75) is 42.9 Å². The van der Waals surface area contributed by atoms with Crippen LogP contribution in [-0.2, 0) is 14.2 Å². The minimum atomic E-state index is -1.61. The lowest BCUT2D eigenvalue weighted by atomic mass is 9.84. The van der Waals surface area contributed by atoms with Crippen molar-refractivity contribution in [3.8, 4) is 34.5 Å². The Labute approximate surface area is 236 Å². The van der Waals surface area contributed by atoms with Gasteiger partial charge in [-0.3, -0.25) is 0 Å². The molecule has 0 radical (unpaired) electrons. The molecule has 0 aliphatic carbocycles. The van der Waals surface area contributed by atoms with Gasteiger partial charge in [-0.25, -0.2) is 0 Å². The normalized spacial score (nSPS) is 32.8. The number of aliphatic hydroxyl groups excluding tert-OH is 4. The topological polar surface area (TPSA) is 175 Å². The molecule has 13 nitrogen and oxygen atoms in total. The predicted molar refractivity (Wildman–Crippen MR) is 140 cm³/mol. The summed E-state index contributed by atoms with van der Waals surface area (Å²) in [6.07, 6.45) is -7.96. The average molecular weight is 581 g/mol. The Morgan fingerprint density at radius 3 is 1.61 bits per heavy atom. The first-order valence-electron chi connectivity index (χ1n) is 13.2. The van der Waals surface area contributed by atoms with Crippen molar-refractivity contribution >= 4 is 0 Å². The highest BCUT2D eigenvalue weighted by Crippen LogP contribution is 2.53. The molecular formula is C28H36O13. The lowest BCUT2D eigenvalue weighted by Crippen LogP contribution is -2.60. The fourth-order valence-corrected chi connectivity index (χ4v) is 5.77. The highest BCUT2D eigenvalue weighted by molar-refractivity contribution is 5.55. The maximum atomic E-state index is 10.5. The van der Waals surface area contributed by atoms with E-state index in [4.69, 9.17) is 37.9 Å². The van der Waals surface area contributed by atoms with Crippen LogP contribution in [0.5, 0.6) is 34.5 Å². The highest BCUT2D eigenvalue weighted by atomic mass is 16.7. The van der Waals surface area contributed by atoms with Crippen LogP contribution in [0, 0.1) is 11.8 Å². The molecule has 3 heterocycles. The molecule has 3 fully saturated rings. The van der Waals surface area contributed by atoms with Crippen molar-refractivity contribution < 1.29 is 63.4 Å². The minimum absolute atomic E-state index is 0.000914. The summed E-state index contributed by atoms with van der Waals surface area (Å²) in [5, 5.41) is 50.5. The van der Waals surface area contributed by atoms with Crippen molar-refractivity contribution in [3.05, 3.63) is 35.4 Å². The van der Waals surface area contributed by atoms with Gasteiger partial charge in [0.05, 0.1) is 60.5 Å². The molecule has 2 aromatic rings. The molecule has 41 heavy (non-hydrogen) atoms. The third-order valence-corrected chi connectivity index (χ3v) is 7.99. The first-order valence-corrected chi connectivity index (χ1v) is 13.2. The second-order valence-electron chi connectivity index (χ2n) is 10.2. The molecule has 3 saturated heterocycles. The quantitative estimate of drug-likeness (QED) is 0.280. The maximum Gasteiger partial charge on any atom is 0.229 e. The third kappa shape index (κ3) is 5.23. The summed E-state index contributed by atoms with van der Waals surface area (Å²) in [4.78, 5) is 0. The van der Waals surface area contributed by atoms with E-state index >= 15 is 0 Å². The van der Waals surface area contributed by atoms with Crippen molar-refractivity contribution in [1.82, 2.24) is 0 Å². The van der Waals surface area contributed by atoms with Gasteiger partial charge in [0.15, 0.2) is 23.0 Å². The molecule has 9 atom stereocenters. The third-order valence-electron chi connectivity index (χ3n) is 7.99. The van der Waals surface area contributed by atoms with Gasteiger partial charge in [-0.15, -0.1) is 0 Å². The second kappa shape index (κ2) is 12.1. The second-order valence-corrected chi connectivity index (χ2v) is 10.2. The Morgan fingerprint density at radius 1 is 0.707 bits per heavy atom. The molecule has 3 aliphatic rings. The van der Waals surface area contributed by atoms with Crippen molar-refractivity contribution in [1.29, 1.82) is 0 Å². The summed E-state index contributed by atoms with van der Waals surface area (Å²) >= 11 is 0. The number of benzene rings is 2. The Kier molecular flexibility index (Phi) is 8.66. The lowest BCUT2D eigenvalue weighted by Gasteiger charge is -2.39. The summed E-state index contributed by atoms with van der Waals surface area (Å²) in [6.45, 7) is 0.241. The van der Waals surface area contributed by atoms with E-state index in [-0.39, 0.29) is 58.5 Å². The van der Waals surface area contributed by atoms with Crippen LogP contribution in [0.4, 0.5) is 0 Å². The van der Waals surface area contributed by atoms with Gasteiger partial charge in [0.1, 0.15) is 24.4 Å². The molecule has 5 N–H and O–H groups in total. The zero-order valence-electron chi connectivity index (χ0n) is 23.1. The highest BCUT2D eigenvalue weighted by Gasteiger charge is 2.49. The van der Waals surface area contributed by atoms with Gasteiger partial charge in [-0.05, 0) is 35.4 Å². The molecule has 2 aromatic carbocycles. The van der Waals surface area contributed by atoms with E-state index in [1.54, 1.807) is 24.3 Å². The molecule has 0 aromatic heterocycles. The van der Waals surface area contributed by atoms with Crippen LogP contribution in [0.1, 0.15) is 23.3 Å². The fraction of sp³-hybridized carbons (Fsp3) is 0.571. The van der Waals surface area contributed by atoms with E-state index in [0.717, 1.165) is 11.1 Å². The van der Waals surface area contributed by atoms with Gasteiger partial charge in [0.25, 0.3) is 0 Å². The zero-order valence-corrected chi connectivity index (χ0v) is 23.1. The largest absolute Gasteiger partial charge is 0.502 e. The number of rotatable bonds is 9. The molecule has 0 saturated carbocycles. The standard InChI is InChI=1S/C28H36O13/c1-34-16-5-12(6-17(35-2)21(16)30)25-14-10-39-26(15(14)11-38-25)13-7-18(36-3)27(19(8-13)37-4)41-28-24(33)23(32)22(31)20(9-29)40-28/h5-8,14-15,20,22-26,28-33H,9-11H2,1-4H3/t14-,15+,20-,22-,23+,24-,25-,26+,28+/m1/s1. The smallest absolute Gasteiger partial charge is 0.229 e. The minimum Gasteiger partial charge on any atom is -0.502 e. The first kappa shape index (κ1) is 29.5. The van der Waals surface area contributed by atoms with Gasteiger partial charge >= 0.3 is 0 Å². The molecule has 13 heteroatoms. The van der Waals surface area contributed by atoms with Crippen molar-refractivity contribution in [3.63, 3.8) is 0 Å². The Morgan fingerprint density at radius 2 is 1.17 bits per heavy atom. The summed E-state index contributed by atoms with van der Waals surface area (Å²) in [5.74, 6) is 1.08. The van der Waals surface area contributed by atoms with E-state index in [0.29, 0.717) is 13.2 Å². The number of aromatic hydroxyl groups is 1.